The van der Waals surface area contributed by atoms with Gasteiger partial charge < -0.3 is 14.7 Å². The molecule has 0 bridgehead atoms. The Balaban J connectivity index is 1.81. The Labute approximate surface area is 140 Å². The zero-order valence-corrected chi connectivity index (χ0v) is 14.0. The highest BCUT2D eigenvalue weighted by atomic mass is 32.1. The Morgan fingerprint density at radius 1 is 1.43 bits per heavy atom. The van der Waals surface area contributed by atoms with E-state index in [1.165, 1.54) is 0 Å². The lowest BCUT2D eigenvalue weighted by Crippen LogP contribution is -2.36. The molecule has 1 aromatic heterocycles. The van der Waals surface area contributed by atoms with Gasteiger partial charge in [0.15, 0.2) is 0 Å². The van der Waals surface area contributed by atoms with Crippen LogP contribution in [-0.4, -0.2) is 35.2 Å². The molecule has 1 aromatic carbocycles. The molecule has 1 saturated heterocycles. The van der Waals surface area contributed by atoms with E-state index in [4.69, 9.17) is 4.74 Å². The number of phenolic OH excluding ortho intramolecular Hbond substituents is 1. The molecule has 5 heteroatoms. The summed E-state index contributed by atoms with van der Waals surface area (Å²) in [4.78, 5) is 14.7. The fourth-order valence-corrected chi connectivity index (χ4v) is 3.51. The molecule has 1 amide bonds. The first-order chi connectivity index (χ1) is 11.1. The maximum Gasteiger partial charge on any atom is 0.258 e. The van der Waals surface area contributed by atoms with Gasteiger partial charge in [-0.25, -0.2) is 0 Å². The summed E-state index contributed by atoms with van der Waals surface area (Å²) in [6, 6.07) is 7.20. The van der Waals surface area contributed by atoms with E-state index in [9.17, 15) is 9.90 Å². The summed E-state index contributed by atoms with van der Waals surface area (Å²) in [6.45, 7) is 3.75. The Morgan fingerprint density at radius 3 is 2.96 bits per heavy atom. The normalized spacial score (nSPS) is 17.3. The molecule has 1 aliphatic heterocycles. The van der Waals surface area contributed by atoms with E-state index in [0.717, 1.165) is 30.6 Å². The SMILES string of the molecule is Cc1ccc(C(=O)N(Cc2ccsc2)C[C@H]2CCCO2)c(O)c1. The number of carbonyl (C=O) groups is 1. The van der Waals surface area contributed by atoms with Gasteiger partial charge in [-0.15, -0.1) is 0 Å². The van der Waals surface area contributed by atoms with Crippen LogP contribution in [0.5, 0.6) is 5.75 Å². The Bertz CT molecular complexity index is 663. The maximum atomic E-state index is 12.9. The molecule has 2 aromatic rings. The Hall–Kier alpha value is -1.85. The minimum atomic E-state index is -0.149. The van der Waals surface area contributed by atoms with Gasteiger partial charge in [0.2, 0.25) is 0 Å². The molecule has 122 valence electrons. The van der Waals surface area contributed by atoms with Crippen LogP contribution in [0.15, 0.2) is 35.0 Å². The number of amides is 1. The first-order valence-corrected chi connectivity index (χ1v) is 8.79. The second-order valence-electron chi connectivity index (χ2n) is 5.97. The average Bonchev–Trinajstić information content (AvgIpc) is 3.19. The van der Waals surface area contributed by atoms with Crippen molar-refractivity contribution >= 4 is 17.2 Å². The van der Waals surface area contributed by atoms with Gasteiger partial charge >= 0.3 is 0 Å². The number of aromatic hydroxyl groups is 1. The first-order valence-electron chi connectivity index (χ1n) is 7.85. The fourth-order valence-electron chi connectivity index (χ4n) is 2.85. The van der Waals surface area contributed by atoms with Crippen molar-refractivity contribution in [3.63, 3.8) is 0 Å². The monoisotopic (exact) mass is 331 g/mol. The molecule has 1 fully saturated rings. The van der Waals surface area contributed by atoms with Crippen LogP contribution in [0, 0.1) is 6.92 Å². The third-order valence-electron chi connectivity index (χ3n) is 4.07. The van der Waals surface area contributed by atoms with Gasteiger partial charge in [-0.3, -0.25) is 4.79 Å². The number of aryl methyl sites for hydroxylation is 1. The number of hydrogen-bond donors (Lipinski definition) is 1. The third kappa shape index (κ3) is 3.92. The van der Waals surface area contributed by atoms with Crippen molar-refractivity contribution in [2.45, 2.75) is 32.4 Å². The van der Waals surface area contributed by atoms with E-state index in [0.29, 0.717) is 18.7 Å². The predicted molar refractivity (Wildman–Crippen MR) is 90.9 cm³/mol. The molecule has 1 aliphatic rings. The predicted octanol–water partition coefficient (Wildman–Crippen LogP) is 3.58. The van der Waals surface area contributed by atoms with Crippen molar-refractivity contribution < 1.29 is 14.6 Å². The van der Waals surface area contributed by atoms with Crippen LogP contribution in [-0.2, 0) is 11.3 Å². The van der Waals surface area contributed by atoms with Gasteiger partial charge in [-0.1, -0.05) is 6.07 Å². The lowest BCUT2D eigenvalue weighted by atomic mass is 10.1. The molecule has 0 aliphatic carbocycles. The minimum absolute atomic E-state index is 0.0395. The second-order valence-corrected chi connectivity index (χ2v) is 6.75. The molecule has 0 spiro atoms. The topological polar surface area (TPSA) is 49.8 Å². The Kier molecular flexibility index (Phi) is 4.98. The fraction of sp³-hybridized carbons (Fsp3) is 0.389. The number of benzene rings is 1. The molecular weight excluding hydrogens is 310 g/mol. The summed E-state index contributed by atoms with van der Waals surface area (Å²) in [5, 5.41) is 14.2. The molecule has 0 unspecified atom stereocenters. The van der Waals surface area contributed by atoms with Crippen LogP contribution in [0.4, 0.5) is 0 Å². The highest BCUT2D eigenvalue weighted by molar-refractivity contribution is 7.07. The van der Waals surface area contributed by atoms with Crippen LogP contribution < -0.4 is 0 Å². The van der Waals surface area contributed by atoms with E-state index in [1.807, 2.05) is 29.8 Å². The Morgan fingerprint density at radius 2 is 2.30 bits per heavy atom. The molecule has 3 rings (SSSR count). The number of rotatable bonds is 5. The van der Waals surface area contributed by atoms with E-state index < -0.39 is 0 Å². The van der Waals surface area contributed by atoms with Crippen LogP contribution in [0.25, 0.3) is 0 Å². The van der Waals surface area contributed by atoms with Crippen LogP contribution in [0.2, 0.25) is 0 Å². The van der Waals surface area contributed by atoms with Crippen molar-refractivity contribution in [2.24, 2.45) is 0 Å². The van der Waals surface area contributed by atoms with Crippen molar-refractivity contribution in [1.29, 1.82) is 0 Å². The standard InChI is InChI=1S/C18H21NO3S/c1-13-4-5-16(17(20)9-13)18(21)19(10-14-6-8-23-12-14)11-15-3-2-7-22-15/h4-6,8-9,12,15,20H,2-3,7,10-11H2,1H3/t15-/m1/s1. The van der Waals surface area contributed by atoms with Gasteiger partial charge in [-0.05, 0) is 59.9 Å². The smallest absolute Gasteiger partial charge is 0.258 e. The molecule has 1 atom stereocenters. The van der Waals surface area contributed by atoms with E-state index in [-0.39, 0.29) is 17.8 Å². The molecule has 2 heterocycles. The van der Waals surface area contributed by atoms with Crippen molar-refractivity contribution in [2.75, 3.05) is 13.2 Å². The number of hydrogen-bond acceptors (Lipinski definition) is 4. The highest BCUT2D eigenvalue weighted by Crippen LogP contribution is 2.23. The lowest BCUT2D eigenvalue weighted by Gasteiger charge is -2.25. The molecular formula is C18H21NO3S. The number of nitrogens with zero attached hydrogens (tertiary/aromatic N) is 1. The van der Waals surface area contributed by atoms with E-state index in [2.05, 4.69) is 0 Å². The van der Waals surface area contributed by atoms with E-state index in [1.54, 1.807) is 28.4 Å². The molecule has 0 radical (unpaired) electrons. The van der Waals surface area contributed by atoms with Gasteiger partial charge in [-0.2, -0.15) is 11.3 Å². The first kappa shape index (κ1) is 16.0. The van der Waals surface area contributed by atoms with Crippen LogP contribution in [0.3, 0.4) is 0 Å². The number of thiophene rings is 1. The zero-order valence-electron chi connectivity index (χ0n) is 13.2. The van der Waals surface area contributed by atoms with Gasteiger partial charge in [0, 0.05) is 19.7 Å². The van der Waals surface area contributed by atoms with Crippen LogP contribution >= 0.6 is 11.3 Å². The molecule has 1 N–H and O–H groups in total. The average molecular weight is 331 g/mol. The summed E-state index contributed by atoms with van der Waals surface area (Å²) >= 11 is 1.62. The second kappa shape index (κ2) is 7.15. The number of carbonyl (C=O) groups excluding carboxylic acids is 1. The third-order valence-corrected chi connectivity index (χ3v) is 4.80. The lowest BCUT2D eigenvalue weighted by molar-refractivity contribution is 0.0505. The summed E-state index contributed by atoms with van der Waals surface area (Å²) < 4.78 is 5.68. The van der Waals surface area contributed by atoms with Crippen molar-refractivity contribution in [1.82, 2.24) is 4.90 Å². The summed E-state index contributed by atoms with van der Waals surface area (Å²) in [6.07, 6.45) is 2.11. The summed E-state index contributed by atoms with van der Waals surface area (Å²) in [5.41, 5.74) is 2.39. The largest absolute Gasteiger partial charge is 0.507 e. The molecule has 23 heavy (non-hydrogen) atoms. The molecule has 0 saturated carbocycles. The highest BCUT2D eigenvalue weighted by Gasteiger charge is 2.25. The van der Waals surface area contributed by atoms with Gasteiger partial charge in [0.05, 0.1) is 11.7 Å². The molecule has 4 nitrogen and oxygen atoms in total. The van der Waals surface area contributed by atoms with Gasteiger partial charge in [0.25, 0.3) is 5.91 Å². The number of ether oxygens (including phenoxy) is 1. The van der Waals surface area contributed by atoms with Crippen molar-refractivity contribution in [3.05, 3.63) is 51.7 Å². The zero-order chi connectivity index (χ0) is 16.2. The van der Waals surface area contributed by atoms with Gasteiger partial charge in [0.1, 0.15) is 5.75 Å². The van der Waals surface area contributed by atoms with Crippen LogP contribution in [0.1, 0.15) is 34.3 Å². The van der Waals surface area contributed by atoms with E-state index >= 15 is 0 Å². The maximum absolute atomic E-state index is 12.9. The number of phenols is 1. The van der Waals surface area contributed by atoms with Crippen molar-refractivity contribution in [3.8, 4) is 5.75 Å². The summed E-state index contributed by atoms with van der Waals surface area (Å²) in [7, 11) is 0. The minimum Gasteiger partial charge on any atom is -0.507 e. The summed E-state index contributed by atoms with van der Waals surface area (Å²) in [5.74, 6) is -0.109. The quantitative estimate of drug-likeness (QED) is 0.911.